The second-order valence-corrected chi connectivity index (χ2v) is 4.83. The summed E-state index contributed by atoms with van der Waals surface area (Å²) in [5.41, 5.74) is 4.18. The Bertz CT molecular complexity index is 435. The van der Waals surface area contributed by atoms with Gasteiger partial charge in [0.2, 0.25) is 0 Å². The smallest absolute Gasteiger partial charge is 0.0798 e. The van der Waals surface area contributed by atoms with Crippen molar-refractivity contribution in [2.24, 2.45) is 0 Å². The molecule has 0 saturated heterocycles. The zero-order valence-electron chi connectivity index (χ0n) is 9.69. The molecule has 0 aliphatic heterocycles. The van der Waals surface area contributed by atoms with Crippen molar-refractivity contribution in [1.82, 2.24) is 20.5 Å². The summed E-state index contributed by atoms with van der Waals surface area (Å²) in [6, 6.07) is 0.604. The third kappa shape index (κ3) is 2.31. The van der Waals surface area contributed by atoms with Gasteiger partial charge in [0.25, 0.3) is 0 Å². The molecule has 2 N–H and O–H groups in total. The standard InChI is InChI=1S/C11H16N4S/c1-7(10-4-13-14-5-10)15-9(3)11-8(2)12-6-16-11/h4-7,9,15H,1-3H3,(H,13,14). The first kappa shape index (κ1) is 11.3. The average Bonchev–Trinajstić information content (AvgIpc) is 2.86. The van der Waals surface area contributed by atoms with Crippen LogP contribution in [-0.4, -0.2) is 15.2 Å². The quantitative estimate of drug-likeness (QED) is 0.858. The van der Waals surface area contributed by atoms with Crippen LogP contribution in [0.1, 0.15) is 42.1 Å². The Morgan fingerprint density at radius 2 is 2.19 bits per heavy atom. The van der Waals surface area contributed by atoms with E-state index in [1.807, 2.05) is 24.8 Å². The molecule has 0 radical (unpaired) electrons. The van der Waals surface area contributed by atoms with Gasteiger partial charge in [-0.1, -0.05) is 0 Å². The molecule has 0 spiro atoms. The Kier molecular flexibility index (Phi) is 3.36. The van der Waals surface area contributed by atoms with Crippen LogP contribution in [0.15, 0.2) is 17.9 Å². The summed E-state index contributed by atoms with van der Waals surface area (Å²) >= 11 is 1.70. The number of hydrogen-bond donors (Lipinski definition) is 2. The number of H-pyrrole nitrogens is 1. The molecule has 2 atom stereocenters. The van der Waals surface area contributed by atoms with E-state index < -0.39 is 0 Å². The molecule has 0 saturated carbocycles. The number of aromatic amines is 1. The minimum atomic E-state index is 0.287. The third-order valence-electron chi connectivity index (χ3n) is 2.70. The minimum absolute atomic E-state index is 0.287. The van der Waals surface area contributed by atoms with Crippen LogP contribution in [0.4, 0.5) is 0 Å². The molecule has 5 heteroatoms. The topological polar surface area (TPSA) is 53.6 Å². The maximum Gasteiger partial charge on any atom is 0.0798 e. The molecular weight excluding hydrogens is 220 g/mol. The fourth-order valence-electron chi connectivity index (χ4n) is 1.77. The largest absolute Gasteiger partial charge is 0.303 e. The molecule has 2 heterocycles. The summed E-state index contributed by atoms with van der Waals surface area (Å²) in [5, 5.41) is 10.3. The van der Waals surface area contributed by atoms with E-state index in [2.05, 4.69) is 34.3 Å². The van der Waals surface area contributed by atoms with Crippen LogP contribution in [0.2, 0.25) is 0 Å². The van der Waals surface area contributed by atoms with Crippen LogP contribution in [-0.2, 0) is 0 Å². The van der Waals surface area contributed by atoms with E-state index in [0.717, 1.165) is 5.69 Å². The molecule has 0 bridgehead atoms. The Morgan fingerprint density at radius 1 is 1.38 bits per heavy atom. The van der Waals surface area contributed by atoms with Gasteiger partial charge in [0.15, 0.2) is 0 Å². The molecule has 2 unspecified atom stereocenters. The van der Waals surface area contributed by atoms with Crippen molar-refractivity contribution in [3.8, 4) is 0 Å². The normalized spacial score (nSPS) is 14.9. The lowest BCUT2D eigenvalue weighted by molar-refractivity contribution is 0.498. The van der Waals surface area contributed by atoms with Crippen molar-refractivity contribution in [2.45, 2.75) is 32.9 Å². The predicted octanol–water partition coefficient (Wildman–Crippen LogP) is 2.59. The van der Waals surface area contributed by atoms with Crippen molar-refractivity contribution < 1.29 is 0 Å². The molecule has 4 nitrogen and oxygen atoms in total. The summed E-state index contributed by atoms with van der Waals surface area (Å²) in [4.78, 5) is 5.57. The van der Waals surface area contributed by atoms with E-state index in [-0.39, 0.29) is 6.04 Å². The number of nitrogens with zero attached hydrogens (tertiary/aromatic N) is 2. The monoisotopic (exact) mass is 236 g/mol. The number of hydrogen-bond acceptors (Lipinski definition) is 4. The van der Waals surface area contributed by atoms with Crippen LogP contribution < -0.4 is 5.32 Å². The van der Waals surface area contributed by atoms with Crippen molar-refractivity contribution in [3.05, 3.63) is 34.0 Å². The van der Waals surface area contributed by atoms with Crippen molar-refractivity contribution in [2.75, 3.05) is 0 Å². The van der Waals surface area contributed by atoms with Crippen LogP contribution in [0.25, 0.3) is 0 Å². The average molecular weight is 236 g/mol. The Labute approximate surface area is 99.1 Å². The maximum absolute atomic E-state index is 4.27. The number of thiazole rings is 1. The van der Waals surface area contributed by atoms with Gasteiger partial charge in [0, 0.05) is 28.7 Å². The van der Waals surface area contributed by atoms with Gasteiger partial charge in [-0.05, 0) is 20.8 Å². The predicted molar refractivity (Wildman–Crippen MR) is 65.4 cm³/mol. The molecule has 0 aromatic carbocycles. The van der Waals surface area contributed by atoms with Crippen LogP contribution >= 0.6 is 11.3 Å². The summed E-state index contributed by atoms with van der Waals surface area (Å²) in [5.74, 6) is 0. The van der Waals surface area contributed by atoms with Gasteiger partial charge in [-0.3, -0.25) is 5.10 Å². The van der Waals surface area contributed by atoms with Gasteiger partial charge in [-0.15, -0.1) is 11.3 Å². The molecule has 0 aliphatic carbocycles. The van der Waals surface area contributed by atoms with Crippen LogP contribution in [0.5, 0.6) is 0 Å². The van der Waals surface area contributed by atoms with Crippen LogP contribution in [0.3, 0.4) is 0 Å². The molecule has 0 fully saturated rings. The zero-order chi connectivity index (χ0) is 11.5. The second-order valence-electron chi connectivity index (χ2n) is 3.94. The number of nitrogens with one attached hydrogen (secondary N) is 2. The highest BCUT2D eigenvalue weighted by Crippen LogP contribution is 2.24. The SMILES string of the molecule is Cc1ncsc1C(C)NC(C)c1cn[nH]c1. The molecule has 2 rings (SSSR count). The van der Waals surface area contributed by atoms with E-state index in [0.29, 0.717) is 6.04 Å². The second kappa shape index (κ2) is 4.76. The summed E-state index contributed by atoms with van der Waals surface area (Å²) in [7, 11) is 0. The van der Waals surface area contributed by atoms with Crippen molar-refractivity contribution in [3.63, 3.8) is 0 Å². The third-order valence-corrected chi connectivity index (χ3v) is 3.81. The van der Waals surface area contributed by atoms with Gasteiger partial charge >= 0.3 is 0 Å². The van der Waals surface area contributed by atoms with E-state index in [1.54, 1.807) is 11.3 Å². The van der Waals surface area contributed by atoms with Gasteiger partial charge in [0.05, 0.1) is 17.4 Å². The molecule has 2 aromatic heterocycles. The summed E-state index contributed by atoms with van der Waals surface area (Å²) in [6.45, 7) is 6.35. The molecule has 0 aliphatic rings. The van der Waals surface area contributed by atoms with Gasteiger partial charge in [0.1, 0.15) is 0 Å². The summed E-state index contributed by atoms with van der Waals surface area (Å²) in [6.07, 6.45) is 3.77. The first-order chi connectivity index (χ1) is 7.68. The first-order valence-electron chi connectivity index (χ1n) is 5.33. The van der Waals surface area contributed by atoms with Gasteiger partial charge < -0.3 is 5.32 Å². The van der Waals surface area contributed by atoms with Crippen molar-refractivity contribution >= 4 is 11.3 Å². The molecular formula is C11H16N4S. The number of rotatable bonds is 4. The number of aryl methyl sites for hydroxylation is 1. The fraction of sp³-hybridized carbons (Fsp3) is 0.455. The van der Waals surface area contributed by atoms with E-state index in [9.17, 15) is 0 Å². The van der Waals surface area contributed by atoms with Gasteiger partial charge in [-0.25, -0.2) is 4.98 Å². The molecule has 86 valence electrons. The lowest BCUT2D eigenvalue weighted by atomic mass is 10.1. The van der Waals surface area contributed by atoms with E-state index in [1.165, 1.54) is 10.4 Å². The number of aromatic nitrogens is 3. The highest BCUT2D eigenvalue weighted by Gasteiger charge is 2.14. The molecule has 16 heavy (non-hydrogen) atoms. The molecule has 2 aromatic rings. The summed E-state index contributed by atoms with van der Waals surface area (Å²) < 4.78 is 0. The Morgan fingerprint density at radius 3 is 2.75 bits per heavy atom. The lowest BCUT2D eigenvalue weighted by Crippen LogP contribution is -2.22. The zero-order valence-corrected chi connectivity index (χ0v) is 10.5. The lowest BCUT2D eigenvalue weighted by Gasteiger charge is -2.18. The van der Waals surface area contributed by atoms with Crippen LogP contribution in [0, 0.1) is 6.92 Å². The Hall–Kier alpha value is -1.20. The van der Waals surface area contributed by atoms with Crippen molar-refractivity contribution in [1.29, 1.82) is 0 Å². The molecule has 0 amide bonds. The first-order valence-corrected chi connectivity index (χ1v) is 6.21. The van der Waals surface area contributed by atoms with E-state index in [4.69, 9.17) is 0 Å². The van der Waals surface area contributed by atoms with Gasteiger partial charge in [-0.2, -0.15) is 5.10 Å². The maximum atomic E-state index is 4.27. The Balaban J connectivity index is 2.03. The highest BCUT2D eigenvalue weighted by molar-refractivity contribution is 7.09. The minimum Gasteiger partial charge on any atom is -0.303 e. The van der Waals surface area contributed by atoms with E-state index >= 15 is 0 Å². The fourth-order valence-corrected chi connectivity index (χ4v) is 2.59. The highest BCUT2D eigenvalue weighted by atomic mass is 32.1.